The standard InChI is InChI=1S/C10H13N3/c1-8(2)7-13-10-9(6-12-13)4-3-5-11-10/h3-6,8H,7H2,1-2H3. The Bertz CT molecular complexity index is 403. The highest BCUT2D eigenvalue weighted by Gasteiger charge is 2.03. The van der Waals surface area contributed by atoms with Gasteiger partial charge in [0.05, 0.1) is 6.20 Å². The third-order valence-corrected chi connectivity index (χ3v) is 1.94. The molecule has 0 N–H and O–H groups in total. The molecule has 3 heteroatoms. The predicted octanol–water partition coefficient (Wildman–Crippen LogP) is 2.09. The first-order valence-corrected chi connectivity index (χ1v) is 4.54. The molecule has 13 heavy (non-hydrogen) atoms. The molecule has 2 heterocycles. The molecule has 0 saturated carbocycles. The molecule has 3 nitrogen and oxygen atoms in total. The van der Waals surface area contributed by atoms with Crippen molar-refractivity contribution in [2.24, 2.45) is 5.92 Å². The minimum atomic E-state index is 0.602. The van der Waals surface area contributed by atoms with Crippen molar-refractivity contribution in [3.05, 3.63) is 24.5 Å². The van der Waals surface area contributed by atoms with Crippen LogP contribution in [0.1, 0.15) is 13.8 Å². The Hall–Kier alpha value is -1.38. The number of aromatic nitrogens is 3. The fourth-order valence-electron chi connectivity index (χ4n) is 1.39. The third-order valence-electron chi connectivity index (χ3n) is 1.94. The molecule has 0 aromatic carbocycles. The van der Waals surface area contributed by atoms with Crippen LogP contribution in [0.3, 0.4) is 0 Å². The van der Waals surface area contributed by atoms with E-state index in [2.05, 4.69) is 23.9 Å². The summed E-state index contributed by atoms with van der Waals surface area (Å²) < 4.78 is 1.96. The Morgan fingerprint density at radius 3 is 3.08 bits per heavy atom. The van der Waals surface area contributed by atoms with Crippen LogP contribution >= 0.6 is 0 Å². The fraction of sp³-hybridized carbons (Fsp3) is 0.400. The maximum Gasteiger partial charge on any atom is 0.157 e. The van der Waals surface area contributed by atoms with E-state index in [4.69, 9.17) is 0 Å². The van der Waals surface area contributed by atoms with Crippen LogP contribution < -0.4 is 0 Å². The molecule has 0 aliphatic rings. The van der Waals surface area contributed by atoms with Crippen LogP contribution in [-0.4, -0.2) is 14.8 Å². The average molecular weight is 175 g/mol. The SMILES string of the molecule is CC(C)Cn1ncc2cccnc21. The van der Waals surface area contributed by atoms with Gasteiger partial charge in [0.25, 0.3) is 0 Å². The summed E-state index contributed by atoms with van der Waals surface area (Å²) in [6.45, 7) is 5.29. The molecule has 0 saturated heterocycles. The van der Waals surface area contributed by atoms with Gasteiger partial charge in [-0.05, 0) is 18.1 Å². The monoisotopic (exact) mass is 175 g/mol. The van der Waals surface area contributed by atoms with Crippen LogP contribution in [0.5, 0.6) is 0 Å². The molecule has 0 fully saturated rings. The van der Waals surface area contributed by atoms with Crippen molar-refractivity contribution in [3.63, 3.8) is 0 Å². The highest BCUT2D eigenvalue weighted by molar-refractivity contribution is 5.73. The van der Waals surface area contributed by atoms with Crippen molar-refractivity contribution in [1.29, 1.82) is 0 Å². The molecule has 0 amide bonds. The predicted molar refractivity (Wildman–Crippen MR) is 52.4 cm³/mol. The van der Waals surface area contributed by atoms with Gasteiger partial charge in [-0.3, -0.25) is 0 Å². The van der Waals surface area contributed by atoms with Gasteiger partial charge >= 0.3 is 0 Å². The summed E-state index contributed by atoms with van der Waals surface area (Å²) in [4.78, 5) is 4.29. The second kappa shape index (κ2) is 3.17. The van der Waals surface area contributed by atoms with E-state index in [1.165, 1.54) is 0 Å². The molecule has 0 radical (unpaired) electrons. The van der Waals surface area contributed by atoms with Crippen LogP contribution in [0.2, 0.25) is 0 Å². The molecule has 0 aliphatic heterocycles. The highest BCUT2D eigenvalue weighted by atomic mass is 15.3. The number of hydrogen-bond donors (Lipinski definition) is 0. The summed E-state index contributed by atoms with van der Waals surface area (Å²) >= 11 is 0. The summed E-state index contributed by atoms with van der Waals surface area (Å²) in [7, 11) is 0. The molecule has 0 unspecified atom stereocenters. The number of fused-ring (bicyclic) bond motifs is 1. The molecule has 0 aliphatic carbocycles. The molecule has 0 bridgehead atoms. The van der Waals surface area contributed by atoms with Crippen molar-refractivity contribution in [1.82, 2.24) is 14.8 Å². The number of nitrogens with zero attached hydrogens (tertiary/aromatic N) is 3. The molecule has 2 rings (SSSR count). The van der Waals surface area contributed by atoms with Gasteiger partial charge in [0.2, 0.25) is 0 Å². The molecule has 0 atom stereocenters. The zero-order valence-electron chi connectivity index (χ0n) is 7.94. The Morgan fingerprint density at radius 1 is 1.46 bits per heavy atom. The van der Waals surface area contributed by atoms with Crippen LogP contribution in [0, 0.1) is 5.92 Å². The van der Waals surface area contributed by atoms with Gasteiger partial charge < -0.3 is 0 Å². The summed E-state index contributed by atoms with van der Waals surface area (Å²) in [5.41, 5.74) is 0.983. The topological polar surface area (TPSA) is 30.7 Å². The molecular weight excluding hydrogens is 162 g/mol. The summed E-state index contributed by atoms with van der Waals surface area (Å²) in [6, 6.07) is 3.97. The lowest BCUT2D eigenvalue weighted by molar-refractivity contribution is 0.492. The highest BCUT2D eigenvalue weighted by Crippen LogP contribution is 2.10. The van der Waals surface area contributed by atoms with Crippen LogP contribution in [0.4, 0.5) is 0 Å². The normalized spacial score (nSPS) is 11.3. The van der Waals surface area contributed by atoms with Crippen molar-refractivity contribution in [3.8, 4) is 0 Å². The molecular formula is C10H13N3. The first kappa shape index (κ1) is 8.23. The summed E-state index contributed by atoms with van der Waals surface area (Å²) in [6.07, 6.45) is 3.67. The fourth-order valence-corrected chi connectivity index (χ4v) is 1.39. The lowest BCUT2D eigenvalue weighted by atomic mass is 10.2. The smallest absolute Gasteiger partial charge is 0.157 e. The number of pyridine rings is 1. The van der Waals surface area contributed by atoms with Crippen molar-refractivity contribution >= 4 is 11.0 Å². The van der Waals surface area contributed by atoms with E-state index in [0.29, 0.717) is 5.92 Å². The molecule has 2 aromatic rings. The van der Waals surface area contributed by atoms with Gasteiger partial charge in [-0.15, -0.1) is 0 Å². The minimum absolute atomic E-state index is 0.602. The second-order valence-corrected chi connectivity index (χ2v) is 3.64. The second-order valence-electron chi connectivity index (χ2n) is 3.64. The first-order valence-electron chi connectivity index (χ1n) is 4.54. The van der Waals surface area contributed by atoms with Crippen LogP contribution in [0.25, 0.3) is 11.0 Å². The van der Waals surface area contributed by atoms with E-state index < -0.39 is 0 Å². The van der Waals surface area contributed by atoms with Crippen LogP contribution in [-0.2, 0) is 6.54 Å². The van der Waals surface area contributed by atoms with Gasteiger partial charge in [0.1, 0.15) is 0 Å². The van der Waals surface area contributed by atoms with Crippen molar-refractivity contribution in [2.45, 2.75) is 20.4 Å². The zero-order valence-corrected chi connectivity index (χ0v) is 7.94. The summed E-state index contributed by atoms with van der Waals surface area (Å²) in [5, 5.41) is 5.40. The van der Waals surface area contributed by atoms with Crippen molar-refractivity contribution < 1.29 is 0 Å². The van der Waals surface area contributed by atoms with Gasteiger partial charge in [-0.2, -0.15) is 5.10 Å². The third kappa shape index (κ3) is 1.54. The van der Waals surface area contributed by atoms with Gasteiger partial charge in [0.15, 0.2) is 5.65 Å². The largest absolute Gasteiger partial charge is 0.247 e. The molecule has 2 aromatic heterocycles. The zero-order chi connectivity index (χ0) is 9.26. The van der Waals surface area contributed by atoms with E-state index in [1.54, 1.807) is 6.20 Å². The van der Waals surface area contributed by atoms with E-state index in [-0.39, 0.29) is 0 Å². The van der Waals surface area contributed by atoms with Crippen molar-refractivity contribution in [2.75, 3.05) is 0 Å². The number of rotatable bonds is 2. The molecule has 0 spiro atoms. The number of hydrogen-bond acceptors (Lipinski definition) is 2. The van der Waals surface area contributed by atoms with E-state index in [9.17, 15) is 0 Å². The maximum atomic E-state index is 4.29. The lowest BCUT2D eigenvalue weighted by Crippen LogP contribution is -2.06. The Kier molecular flexibility index (Phi) is 2.00. The molecule has 68 valence electrons. The van der Waals surface area contributed by atoms with E-state index in [1.807, 2.05) is 23.0 Å². The van der Waals surface area contributed by atoms with Gasteiger partial charge in [-0.1, -0.05) is 13.8 Å². The quantitative estimate of drug-likeness (QED) is 0.699. The Labute approximate surface area is 77.4 Å². The first-order chi connectivity index (χ1) is 6.27. The van der Waals surface area contributed by atoms with Gasteiger partial charge in [0, 0.05) is 18.1 Å². The minimum Gasteiger partial charge on any atom is -0.247 e. The lowest BCUT2D eigenvalue weighted by Gasteiger charge is -2.04. The van der Waals surface area contributed by atoms with Crippen LogP contribution in [0.15, 0.2) is 24.5 Å². The average Bonchev–Trinajstić information content (AvgIpc) is 2.48. The Balaban J connectivity index is 2.46. The Morgan fingerprint density at radius 2 is 2.31 bits per heavy atom. The summed E-state index contributed by atoms with van der Waals surface area (Å²) in [5.74, 6) is 0.602. The van der Waals surface area contributed by atoms with E-state index >= 15 is 0 Å². The van der Waals surface area contributed by atoms with E-state index in [0.717, 1.165) is 17.6 Å². The maximum absolute atomic E-state index is 4.29. The van der Waals surface area contributed by atoms with Gasteiger partial charge in [-0.25, -0.2) is 9.67 Å².